The molecule has 0 unspecified atom stereocenters. The minimum Gasteiger partial charge on any atom is -0.329 e. The molecule has 61 valence electrons. The standard InChI is InChI=1S/C7H18N3/c1-2-9-5-3-6-10-7-4-8/h9-10H,1-8H2. The Morgan fingerprint density at radius 1 is 1.10 bits per heavy atom. The zero-order chi connectivity index (χ0) is 7.66. The molecule has 0 saturated carbocycles. The summed E-state index contributed by atoms with van der Waals surface area (Å²) in [4.78, 5) is 0. The summed E-state index contributed by atoms with van der Waals surface area (Å²) in [5.41, 5.74) is 5.28. The van der Waals surface area contributed by atoms with Crippen LogP contribution in [0.5, 0.6) is 0 Å². The van der Waals surface area contributed by atoms with Gasteiger partial charge in [0.05, 0.1) is 0 Å². The summed E-state index contributed by atoms with van der Waals surface area (Å²) in [6.07, 6.45) is 1.15. The van der Waals surface area contributed by atoms with Crippen molar-refractivity contribution >= 4 is 0 Å². The first-order valence-corrected chi connectivity index (χ1v) is 3.82. The zero-order valence-corrected chi connectivity index (χ0v) is 6.53. The lowest BCUT2D eigenvalue weighted by Crippen LogP contribution is -2.26. The normalized spacial score (nSPS) is 10.2. The summed E-state index contributed by atoms with van der Waals surface area (Å²) in [5, 5.41) is 6.35. The molecule has 0 aliphatic carbocycles. The molecule has 0 saturated heterocycles. The first-order valence-electron chi connectivity index (χ1n) is 3.82. The Labute approximate surface area is 63.4 Å². The lowest BCUT2D eigenvalue weighted by molar-refractivity contribution is 0.617. The summed E-state index contributed by atoms with van der Waals surface area (Å²) in [6, 6.07) is 0. The van der Waals surface area contributed by atoms with Gasteiger partial charge in [0.1, 0.15) is 0 Å². The highest BCUT2D eigenvalue weighted by atomic mass is 14.9. The Balaban J connectivity index is 2.65. The van der Waals surface area contributed by atoms with E-state index in [-0.39, 0.29) is 0 Å². The number of nitrogens with two attached hydrogens (primary N) is 1. The van der Waals surface area contributed by atoms with Gasteiger partial charge in [-0.05, 0) is 33.0 Å². The van der Waals surface area contributed by atoms with Crippen LogP contribution in [0.1, 0.15) is 6.42 Å². The van der Waals surface area contributed by atoms with E-state index in [2.05, 4.69) is 17.6 Å². The molecule has 0 aromatic heterocycles. The van der Waals surface area contributed by atoms with Crippen molar-refractivity contribution in [2.75, 3.05) is 32.7 Å². The van der Waals surface area contributed by atoms with E-state index in [1.54, 1.807) is 0 Å². The highest BCUT2D eigenvalue weighted by Crippen LogP contribution is 1.70. The van der Waals surface area contributed by atoms with Gasteiger partial charge in [-0.1, -0.05) is 0 Å². The van der Waals surface area contributed by atoms with Gasteiger partial charge < -0.3 is 16.4 Å². The van der Waals surface area contributed by atoms with Gasteiger partial charge in [0, 0.05) is 13.1 Å². The molecule has 1 radical (unpaired) electrons. The smallest absolute Gasteiger partial charge is 0.00745 e. The van der Waals surface area contributed by atoms with Crippen LogP contribution in [-0.2, 0) is 0 Å². The van der Waals surface area contributed by atoms with Gasteiger partial charge in [0.25, 0.3) is 0 Å². The highest BCUT2D eigenvalue weighted by Gasteiger charge is 1.84. The molecular formula is C7H18N3. The summed E-state index contributed by atoms with van der Waals surface area (Å²) in [5.74, 6) is 0. The lowest BCUT2D eigenvalue weighted by Gasteiger charge is -2.02. The molecular weight excluding hydrogens is 126 g/mol. The fraction of sp³-hybridized carbons (Fsp3) is 0.857. The van der Waals surface area contributed by atoms with Crippen molar-refractivity contribution < 1.29 is 0 Å². The van der Waals surface area contributed by atoms with Crippen molar-refractivity contribution in [1.29, 1.82) is 0 Å². The number of nitrogens with one attached hydrogen (secondary N) is 2. The van der Waals surface area contributed by atoms with Crippen molar-refractivity contribution in [3.8, 4) is 0 Å². The second kappa shape index (κ2) is 8.88. The molecule has 0 heterocycles. The minimum absolute atomic E-state index is 0.725. The highest BCUT2D eigenvalue weighted by molar-refractivity contribution is 4.52. The third-order valence-corrected chi connectivity index (χ3v) is 1.20. The van der Waals surface area contributed by atoms with E-state index in [0.29, 0.717) is 0 Å². The number of hydrogen-bond donors (Lipinski definition) is 3. The summed E-state index contributed by atoms with van der Waals surface area (Å²) in [6.45, 7) is 8.22. The van der Waals surface area contributed by atoms with Crippen molar-refractivity contribution in [2.45, 2.75) is 6.42 Å². The average Bonchev–Trinajstić information content (AvgIpc) is 1.97. The molecule has 10 heavy (non-hydrogen) atoms. The average molecular weight is 144 g/mol. The summed E-state index contributed by atoms with van der Waals surface area (Å²) >= 11 is 0. The predicted molar refractivity (Wildman–Crippen MR) is 44.8 cm³/mol. The van der Waals surface area contributed by atoms with Crippen LogP contribution in [0.15, 0.2) is 0 Å². The number of rotatable bonds is 7. The quantitative estimate of drug-likeness (QED) is 0.416. The van der Waals surface area contributed by atoms with Crippen LogP contribution in [0.3, 0.4) is 0 Å². The van der Waals surface area contributed by atoms with Crippen molar-refractivity contribution in [3.05, 3.63) is 6.92 Å². The van der Waals surface area contributed by atoms with Crippen LogP contribution < -0.4 is 16.4 Å². The topological polar surface area (TPSA) is 50.1 Å². The first kappa shape index (κ1) is 9.88. The van der Waals surface area contributed by atoms with E-state index < -0.39 is 0 Å². The number of hydrogen-bond acceptors (Lipinski definition) is 3. The Kier molecular flexibility index (Phi) is 8.77. The van der Waals surface area contributed by atoms with Crippen LogP contribution in [0.4, 0.5) is 0 Å². The van der Waals surface area contributed by atoms with Gasteiger partial charge in [-0.15, -0.1) is 0 Å². The van der Waals surface area contributed by atoms with Gasteiger partial charge >= 0.3 is 0 Å². The van der Waals surface area contributed by atoms with Gasteiger partial charge in [-0.3, -0.25) is 0 Å². The molecule has 0 aromatic rings. The molecule has 0 amide bonds. The Bertz CT molecular complexity index is 48.8. The molecule has 3 heteroatoms. The maximum atomic E-state index is 5.28. The molecule has 0 rings (SSSR count). The van der Waals surface area contributed by atoms with Crippen LogP contribution in [-0.4, -0.2) is 32.7 Å². The van der Waals surface area contributed by atoms with Crippen molar-refractivity contribution in [2.24, 2.45) is 5.73 Å². The van der Waals surface area contributed by atoms with E-state index in [1.807, 2.05) is 0 Å². The van der Waals surface area contributed by atoms with E-state index in [0.717, 1.165) is 39.1 Å². The van der Waals surface area contributed by atoms with Crippen molar-refractivity contribution in [1.82, 2.24) is 10.6 Å². The summed E-state index contributed by atoms with van der Waals surface area (Å²) < 4.78 is 0. The Hall–Kier alpha value is -0.120. The minimum atomic E-state index is 0.725. The molecule has 0 aromatic carbocycles. The van der Waals surface area contributed by atoms with Crippen LogP contribution in [0, 0.1) is 6.92 Å². The van der Waals surface area contributed by atoms with Gasteiger partial charge in [0.15, 0.2) is 0 Å². The molecule has 0 aliphatic rings. The zero-order valence-electron chi connectivity index (χ0n) is 6.53. The van der Waals surface area contributed by atoms with Gasteiger partial charge in [-0.2, -0.15) is 0 Å². The Morgan fingerprint density at radius 3 is 2.40 bits per heavy atom. The van der Waals surface area contributed by atoms with E-state index >= 15 is 0 Å². The second-order valence-electron chi connectivity index (χ2n) is 2.14. The Morgan fingerprint density at radius 2 is 1.80 bits per heavy atom. The van der Waals surface area contributed by atoms with Crippen molar-refractivity contribution in [3.63, 3.8) is 0 Å². The summed E-state index contributed by atoms with van der Waals surface area (Å²) in [7, 11) is 0. The molecule has 0 atom stereocenters. The first-order chi connectivity index (χ1) is 4.91. The largest absolute Gasteiger partial charge is 0.329 e. The van der Waals surface area contributed by atoms with E-state index in [9.17, 15) is 0 Å². The maximum absolute atomic E-state index is 5.28. The SMILES string of the molecule is [CH2]CNCCCNCCN. The van der Waals surface area contributed by atoms with Crippen LogP contribution in [0.2, 0.25) is 0 Å². The molecule has 3 nitrogen and oxygen atoms in total. The fourth-order valence-corrected chi connectivity index (χ4v) is 0.690. The molecule has 0 bridgehead atoms. The van der Waals surface area contributed by atoms with Gasteiger partial charge in [-0.25, -0.2) is 0 Å². The van der Waals surface area contributed by atoms with E-state index in [4.69, 9.17) is 5.73 Å². The molecule has 0 spiro atoms. The molecule has 4 N–H and O–H groups in total. The van der Waals surface area contributed by atoms with Crippen LogP contribution >= 0.6 is 0 Å². The predicted octanol–water partition coefficient (Wildman–Crippen LogP) is -0.652. The van der Waals surface area contributed by atoms with E-state index in [1.165, 1.54) is 0 Å². The molecule has 0 fully saturated rings. The molecule has 0 aliphatic heterocycles. The fourth-order valence-electron chi connectivity index (χ4n) is 0.690. The monoisotopic (exact) mass is 144 g/mol. The van der Waals surface area contributed by atoms with Gasteiger partial charge in [0.2, 0.25) is 0 Å². The maximum Gasteiger partial charge on any atom is 0.00745 e. The third-order valence-electron chi connectivity index (χ3n) is 1.20. The lowest BCUT2D eigenvalue weighted by atomic mass is 10.4. The van der Waals surface area contributed by atoms with Crippen LogP contribution in [0.25, 0.3) is 0 Å². The third kappa shape index (κ3) is 7.88. The second-order valence-corrected chi connectivity index (χ2v) is 2.14.